The number of nitrogens with zero attached hydrogens (tertiary/aromatic N) is 1. The molecule has 2 fully saturated rings. The first kappa shape index (κ1) is 37.2. The average Bonchev–Trinajstić information content (AvgIpc) is 3.27. The number of carbonyl (C=O) groups excluding carboxylic acids is 6. The second-order valence-corrected chi connectivity index (χ2v) is 15.0. The molecule has 0 aromatic heterocycles. The lowest BCUT2D eigenvalue weighted by molar-refractivity contribution is -0.145. The molecule has 12 heteroatoms. The summed E-state index contributed by atoms with van der Waals surface area (Å²) in [6.07, 6.45) is 1.26. The molecule has 4 N–H and O–H groups in total. The monoisotopic (exact) mass is 653 g/mol. The number of likely N-dealkylation sites (tertiary alicyclic amines) is 1. The summed E-state index contributed by atoms with van der Waals surface area (Å²) in [6, 6.07) is 5.78. The number of allylic oxidation sites excluding steroid dienone is 1. The summed E-state index contributed by atoms with van der Waals surface area (Å²) in [7, 11) is 0. The van der Waals surface area contributed by atoms with Crippen molar-refractivity contribution >= 4 is 41.2 Å². The number of carbonyl (C=O) groups is 6. The molecule has 0 radical (unpaired) electrons. The van der Waals surface area contributed by atoms with Gasteiger partial charge in [-0.05, 0) is 68.4 Å². The minimum Gasteiger partial charge on any atom is -0.444 e. The van der Waals surface area contributed by atoms with Gasteiger partial charge in [-0.2, -0.15) is 0 Å². The summed E-state index contributed by atoms with van der Waals surface area (Å²) in [5.41, 5.74) is -1.09. The fourth-order valence-corrected chi connectivity index (χ4v) is 6.14. The number of benzene rings is 1. The maximum absolute atomic E-state index is 14.1. The van der Waals surface area contributed by atoms with Gasteiger partial charge in [0.15, 0.2) is 0 Å². The Bertz CT molecular complexity index is 1360. The van der Waals surface area contributed by atoms with Crippen molar-refractivity contribution in [3.05, 3.63) is 43.0 Å². The Balaban J connectivity index is 1.72. The molecule has 47 heavy (non-hydrogen) atoms. The van der Waals surface area contributed by atoms with E-state index in [2.05, 4.69) is 27.8 Å². The molecule has 1 unspecified atom stereocenters. The van der Waals surface area contributed by atoms with Crippen molar-refractivity contribution in [1.29, 1.82) is 0 Å². The lowest BCUT2D eigenvalue weighted by Gasteiger charge is -2.38. The van der Waals surface area contributed by atoms with E-state index in [1.807, 2.05) is 40.7 Å². The van der Waals surface area contributed by atoms with E-state index in [1.54, 1.807) is 51.1 Å². The van der Waals surface area contributed by atoms with Crippen molar-refractivity contribution in [2.24, 2.45) is 22.7 Å². The highest BCUT2D eigenvalue weighted by Gasteiger charge is 2.70. The van der Waals surface area contributed by atoms with Crippen molar-refractivity contribution in [3.8, 4) is 0 Å². The molecule has 0 bridgehead atoms. The van der Waals surface area contributed by atoms with E-state index in [0.717, 1.165) is 0 Å². The van der Waals surface area contributed by atoms with E-state index in [4.69, 9.17) is 4.74 Å². The van der Waals surface area contributed by atoms with E-state index in [1.165, 1.54) is 4.90 Å². The first-order valence-corrected chi connectivity index (χ1v) is 16.2. The minimum absolute atomic E-state index is 0.0528. The summed E-state index contributed by atoms with van der Waals surface area (Å²) in [6.45, 7) is 18.6. The molecule has 1 heterocycles. The second-order valence-electron chi connectivity index (χ2n) is 15.0. The van der Waals surface area contributed by atoms with Gasteiger partial charge in [-0.1, -0.05) is 58.9 Å². The number of rotatable bonds is 13. The lowest BCUT2D eigenvalue weighted by Crippen LogP contribution is -2.60. The third-order valence-corrected chi connectivity index (χ3v) is 8.75. The highest BCUT2D eigenvalue weighted by molar-refractivity contribution is 6.38. The number of nitrogens with one attached hydrogen (secondary N) is 4. The predicted molar refractivity (Wildman–Crippen MR) is 178 cm³/mol. The van der Waals surface area contributed by atoms with Gasteiger partial charge >= 0.3 is 6.09 Å². The van der Waals surface area contributed by atoms with Crippen LogP contribution in [0.2, 0.25) is 0 Å². The summed E-state index contributed by atoms with van der Waals surface area (Å²) in [4.78, 5) is 80.6. The van der Waals surface area contributed by atoms with Gasteiger partial charge in [0, 0.05) is 25.2 Å². The zero-order chi connectivity index (χ0) is 35.3. The fraction of sp³-hybridized carbons (Fsp3) is 0.600. The fourth-order valence-electron chi connectivity index (χ4n) is 6.14. The molecule has 1 aromatic carbocycles. The first-order valence-electron chi connectivity index (χ1n) is 16.2. The summed E-state index contributed by atoms with van der Waals surface area (Å²) >= 11 is 0. The number of ketones is 1. The van der Waals surface area contributed by atoms with Crippen LogP contribution in [0.3, 0.4) is 0 Å². The average molecular weight is 654 g/mol. The Labute approximate surface area is 277 Å². The van der Waals surface area contributed by atoms with Crippen LogP contribution in [0.1, 0.15) is 74.7 Å². The van der Waals surface area contributed by atoms with Gasteiger partial charge in [-0.25, -0.2) is 4.79 Å². The number of ether oxygens (including phenoxy) is 1. The van der Waals surface area contributed by atoms with E-state index in [0.29, 0.717) is 18.7 Å². The molecular weight excluding hydrogens is 602 g/mol. The van der Waals surface area contributed by atoms with E-state index in [9.17, 15) is 28.8 Å². The van der Waals surface area contributed by atoms with Crippen LogP contribution in [-0.4, -0.2) is 77.2 Å². The number of hydrogen-bond donors (Lipinski definition) is 4. The van der Waals surface area contributed by atoms with Gasteiger partial charge in [0.2, 0.25) is 23.5 Å². The van der Waals surface area contributed by atoms with Crippen molar-refractivity contribution in [3.63, 3.8) is 0 Å². The third-order valence-electron chi connectivity index (χ3n) is 8.75. The van der Waals surface area contributed by atoms with Crippen LogP contribution in [-0.2, 0) is 28.7 Å². The molecule has 3 rings (SSSR count). The molecule has 258 valence electrons. The van der Waals surface area contributed by atoms with Crippen molar-refractivity contribution in [2.75, 3.05) is 18.4 Å². The summed E-state index contributed by atoms with van der Waals surface area (Å²) in [5, 5.41) is 10.7. The van der Waals surface area contributed by atoms with Gasteiger partial charge < -0.3 is 30.9 Å². The Kier molecular flexibility index (Phi) is 11.6. The maximum atomic E-state index is 14.1. The summed E-state index contributed by atoms with van der Waals surface area (Å²) < 4.78 is 5.41. The largest absolute Gasteiger partial charge is 0.444 e. The lowest BCUT2D eigenvalue weighted by atomic mass is 9.85. The van der Waals surface area contributed by atoms with Crippen molar-refractivity contribution < 1.29 is 33.5 Å². The van der Waals surface area contributed by atoms with E-state index < -0.39 is 58.7 Å². The van der Waals surface area contributed by atoms with Gasteiger partial charge in [0.05, 0.1) is 6.04 Å². The van der Waals surface area contributed by atoms with Crippen LogP contribution in [0.4, 0.5) is 10.5 Å². The minimum atomic E-state index is -1.17. The molecule has 1 saturated heterocycles. The normalized spacial score (nSPS) is 20.9. The molecule has 1 aromatic rings. The molecule has 2 aliphatic rings. The number of amides is 5. The predicted octanol–water partition coefficient (Wildman–Crippen LogP) is 3.57. The molecule has 5 atom stereocenters. The maximum Gasteiger partial charge on any atom is 0.408 e. The topological polar surface area (TPSA) is 163 Å². The number of Topliss-reactive ketones (excluding diaryl/α,β-unsaturated/α-hetero) is 1. The number of piperidine rings is 1. The van der Waals surface area contributed by atoms with Crippen molar-refractivity contribution in [1.82, 2.24) is 20.9 Å². The van der Waals surface area contributed by atoms with Gasteiger partial charge in [0.1, 0.15) is 17.7 Å². The number of alkyl carbamates (subject to hydrolysis) is 1. The molecule has 0 spiro atoms. The van der Waals surface area contributed by atoms with Gasteiger partial charge in [0.25, 0.3) is 5.91 Å². The molecule has 12 nitrogen and oxygen atoms in total. The molecule has 1 saturated carbocycles. The molecule has 1 aliphatic carbocycles. The molecule has 1 aliphatic heterocycles. The van der Waals surface area contributed by atoms with Crippen LogP contribution in [0.15, 0.2) is 43.0 Å². The van der Waals surface area contributed by atoms with Crippen LogP contribution in [0.5, 0.6) is 0 Å². The highest BCUT2D eigenvalue weighted by atomic mass is 16.6. The smallest absolute Gasteiger partial charge is 0.408 e. The van der Waals surface area contributed by atoms with E-state index in [-0.39, 0.29) is 42.5 Å². The Morgan fingerprint density at radius 1 is 1.02 bits per heavy atom. The standard InChI is InChI=1S/C35H51N5O7/c1-10-11-17-23(27(42)30(44)36-19-18-24(41)37-21-15-13-12-14-16-21)38-29(43)26-25-22(35(25,8)9)20-40(26)31(45)28(33(2,3)4)39-32(46)47-34(5,6)7/h10,12-16,22-23,25-26,28H,1,11,17-20H2,2-9H3,(H,36,44)(H,37,41)(H,38,43)(H,39,46)/t22-,23-,25-,26?,28+/m0/s1. The van der Waals surface area contributed by atoms with Crippen LogP contribution in [0.25, 0.3) is 0 Å². The summed E-state index contributed by atoms with van der Waals surface area (Å²) in [5.74, 6) is -3.19. The second kappa shape index (κ2) is 14.7. The Hall–Kier alpha value is -4.22. The number of fused-ring (bicyclic) bond motifs is 1. The number of hydrogen-bond acceptors (Lipinski definition) is 7. The van der Waals surface area contributed by atoms with Gasteiger partial charge in [-0.3, -0.25) is 24.0 Å². The van der Waals surface area contributed by atoms with Crippen LogP contribution < -0.4 is 21.3 Å². The van der Waals surface area contributed by atoms with Crippen LogP contribution >= 0.6 is 0 Å². The highest BCUT2D eigenvalue weighted by Crippen LogP contribution is 2.65. The number of anilines is 1. The zero-order valence-electron chi connectivity index (χ0n) is 28.9. The van der Waals surface area contributed by atoms with Gasteiger partial charge in [-0.15, -0.1) is 6.58 Å². The van der Waals surface area contributed by atoms with Crippen LogP contribution in [0, 0.1) is 22.7 Å². The quantitative estimate of drug-likeness (QED) is 0.187. The number of para-hydroxylation sites is 1. The zero-order valence-corrected chi connectivity index (χ0v) is 28.9. The molecular formula is C35H51N5O7. The molecule has 5 amide bonds. The Morgan fingerprint density at radius 3 is 2.23 bits per heavy atom. The van der Waals surface area contributed by atoms with Crippen molar-refractivity contribution in [2.45, 2.75) is 98.4 Å². The Morgan fingerprint density at radius 2 is 1.66 bits per heavy atom. The third kappa shape index (κ3) is 9.65. The van der Waals surface area contributed by atoms with E-state index >= 15 is 0 Å². The SMILES string of the molecule is C=CCC[C@H](NC(=O)C1[C@@H]2[C@H](CN1C(=O)[C@@H](NC(=O)OC(C)(C)C)C(C)(C)C)C2(C)C)C(=O)C(=O)NCCC(=O)Nc1ccccc1. The first-order chi connectivity index (χ1) is 21.8.